The number of hydrogen-bond donors (Lipinski definition) is 3. The SMILES string of the molecule is C=C/C=c1/[nH]cc/c1=C/C.CC(=O)NCC(=O)NCC#N. The van der Waals surface area contributed by atoms with Crippen LogP contribution in [0.4, 0.5) is 0 Å². The zero-order valence-corrected chi connectivity index (χ0v) is 12.3. The van der Waals surface area contributed by atoms with Crippen LogP contribution in [0.3, 0.4) is 0 Å². The van der Waals surface area contributed by atoms with Crippen molar-refractivity contribution in [3.8, 4) is 6.07 Å². The van der Waals surface area contributed by atoms with Crippen LogP contribution in [-0.2, 0) is 9.59 Å². The highest BCUT2D eigenvalue weighted by Gasteiger charge is 1.98. The van der Waals surface area contributed by atoms with Crippen molar-refractivity contribution < 1.29 is 9.59 Å². The van der Waals surface area contributed by atoms with E-state index >= 15 is 0 Å². The number of amides is 2. The third-order valence-electron chi connectivity index (χ3n) is 2.27. The summed E-state index contributed by atoms with van der Waals surface area (Å²) in [5, 5.41) is 15.0. The molecule has 0 bridgehead atoms. The Morgan fingerprint density at radius 3 is 2.71 bits per heavy atom. The highest BCUT2D eigenvalue weighted by molar-refractivity contribution is 5.83. The summed E-state index contributed by atoms with van der Waals surface area (Å²) in [7, 11) is 0. The van der Waals surface area contributed by atoms with Crippen molar-refractivity contribution in [2.24, 2.45) is 0 Å². The van der Waals surface area contributed by atoms with E-state index in [4.69, 9.17) is 5.26 Å². The fourth-order valence-electron chi connectivity index (χ4n) is 1.31. The van der Waals surface area contributed by atoms with Crippen LogP contribution in [0.25, 0.3) is 12.2 Å². The van der Waals surface area contributed by atoms with Crippen LogP contribution in [0.5, 0.6) is 0 Å². The molecule has 1 rings (SSSR count). The Bertz CT molecular complexity index is 623. The molecule has 0 fully saturated rings. The summed E-state index contributed by atoms with van der Waals surface area (Å²) in [6.07, 6.45) is 7.71. The number of nitrogens with zero attached hydrogens (tertiary/aromatic N) is 1. The van der Waals surface area contributed by atoms with Crippen molar-refractivity contribution >= 4 is 24.0 Å². The summed E-state index contributed by atoms with van der Waals surface area (Å²) in [4.78, 5) is 24.0. The average molecular weight is 288 g/mol. The van der Waals surface area contributed by atoms with Crippen molar-refractivity contribution in [1.82, 2.24) is 15.6 Å². The van der Waals surface area contributed by atoms with E-state index in [1.807, 2.05) is 25.3 Å². The Morgan fingerprint density at radius 1 is 1.48 bits per heavy atom. The van der Waals surface area contributed by atoms with Gasteiger partial charge in [-0.2, -0.15) is 5.26 Å². The molecule has 6 heteroatoms. The largest absolute Gasteiger partial charge is 0.361 e. The summed E-state index contributed by atoms with van der Waals surface area (Å²) in [6.45, 7) is 6.85. The molecule has 0 radical (unpaired) electrons. The number of carbonyl (C=O) groups excluding carboxylic acids is 2. The molecule has 1 aromatic heterocycles. The molecule has 0 unspecified atom stereocenters. The van der Waals surface area contributed by atoms with Crippen LogP contribution in [0.15, 0.2) is 24.9 Å². The van der Waals surface area contributed by atoms with Gasteiger partial charge in [-0.1, -0.05) is 18.7 Å². The van der Waals surface area contributed by atoms with Crippen molar-refractivity contribution in [3.63, 3.8) is 0 Å². The summed E-state index contributed by atoms with van der Waals surface area (Å²) >= 11 is 0. The van der Waals surface area contributed by atoms with Crippen LogP contribution in [0.2, 0.25) is 0 Å². The van der Waals surface area contributed by atoms with E-state index in [2.05, 4.69) is 28.3 Å². The van der Waals surface area contributed by atoms with Gasteiger partial charge in [-0.05, 0) is 24.3 Å². The molecule has 0 spiro atoms. The van der Waals surface area contributed by atoms with Gasteiger partial charge in [-0.25, -0.2) is 0 Å². The second-order valence-electron chi connectivity index (χ2n) is 3.88. The topological polar surface area (TPSA) is 97.8 Å². The maximum absolute atomic E-state index is 10.6. The lowest BCUT2D eigenvalue weighted by atomic mass is 10.4. The van der Waals surface area contributed by atoms with Crippen LogP contribution >= 0.6 is 0 Å². The predicted molar refractivity (Wildman–Crippen MR) is 82.2 cm³/mol. The van der Waals surface area contributed by atoms with Gasteiger partial charge in [-0.15, -0.1) is 0 Å². The normalized spacial score (nSPS) is 10.9. The number of aromatic amines is 1. The van der Waals surface area contributed by atoms with Crippen molar-refractivity contribution in [1.29, 1.82) is 5.26 Å². The van der Waals surface area contributed by atoms with E-state index in [0.717, 1.165) is 5.35 Å². The lowest BCUT2D eigenvalue weighted by Crippen LogP contribution is -2.35. The first-order chi connectivity index (χ1) is 10.0. The number of nitrogens with one attached hydrogen (secondary N) is 3. The van der Waals surface area contributed by atoms with Gasteiger partial charge in [0.15, 0.2) is 0 Å². The fraction of sp³-hybridized carbons (Fsp3) is 0.267. The first-order valence-corrected chi connectivity index (χ1v) is 6.35. The summed E-state index contributed by atoms with van der Waals surface area (Å²) in [5.41, 5.74) is 0. The van der Waals surface area contributed by atoms with Gasteiger partial charge < -0.3 is 15.6 Å². The van der Waals surface area contributed by atoms with E-state index in [9.17, 15) is 9.59 Å². The highest BCUT2D eigenvalue weighted by Crippen LogP contribution is 1.66. The minimum absolute atomic E-state index is 0.0293. The number of H-pyrrole nitrogens is 1. The molecule has 1 heterocycles. The van der Waals surface area contributed by atoms with Crippen molar-refractivity contribution in [2.75, 3.05) is 13.1 Å². The molecule has 3 N–H and O–H groups in total. The van der Waals surface area contributed by atoms with Crippen molar-refractivity contribution in [2.45, 2.75) is 13.8 Å². The molecule has 112 valence electrons. The second-order valence-corrected chi connectivity index (χ2v) is 3.88. The molecule has 0 aliphatic rings. The maximum atomic E-state index is 10.6. The van der Waals surface area contributed by atoms with Gasteiger partial charge in [0, 0.05) is 18.5 Å². The number of aromatic nitrogens is 1. The monoisotopic (exact) mass is 288 g/mol. The van der Waals surface area contributed by atoms with Gasteiger partial charge in [-0.3, -0.25) is 9.59 Å². The minimum Gasteiger partial charge on any atom is -0.361 e. The average Bonchev–Trinajstić information content (AvgIpc) is 2.91. The molecule has 0 saturated heterocycles. The first kappa shape index (κ1) is 18.2. The summed E-state index contributed by atoms with van der Waals surface area (Å²) in [5.74, 6) is -0.626. The standard InChI is InChI=1S/C9H11N.C6H9N3O2/c1-3-5-9-8(4-2)6-7-10-9;1-5(10)9-4-6(11)8-3-2-7/h3-7,10H,1H2,2H3;3-4H2,1H3,(H,8,11)(H,9,10)/b8-4-,9-5+;. The molecular formula is C15H20N4O2. The lowest BCUT2D eigenvalue weighted by Gasteiger charge is -2.00. The fourth-order valence-corrected chi connectivity index (χ4v) is 1.31. The Labute approximate surface area is 123 Å². The summed E-state index contributed by atoms with van der Waals surface area (Å²) < 4.78 is 0. The number of nitriles is 1. The highest BCUT2D eigenvalue weighted by atomic mass is 16.2. The number of rotatable bonds is 4. The first-order valence-electron chi connectivity index (χ1n) is 6.35. The van der Waals surface area contributed by atoms with Crippen LogP contribution in [0.1, 0.15) is 13.8 Å². The third-order valence-corrected chi connectivity index (χ3v) is 2.27. The third kappa shape index (κ3) is 8.83. The maximum Gasteiger partial charge on any atom is 0.240 e. The molecule has 2 amide bonds. The van der Waals surface area contributed by atoms with Gasteiger partial charge in [0.05, 0.1) is 12.6 Å². The number of carbonyl (C=O) groups is 2. The van der Waals surface area contributed by atoms with Crippen LogP contribution in [0, 0.1) is 11.3 Å². The van der Waals surface area contributed by atoms with E-state index in [0.29, 0.717) is 0 Å². The zero-order valence-electron chi connectivity index (χ0n) is 12.3. The van der Waals surface area contributed by atoms with E-state index in [1.54, 1.807) is 12.1 Å². The molecule has 1 aromatic rings. The van der Waals surface area contributed by atoms with E-state index in [1.165, 1.54) is 12.1 Å². The predicted octanol–water partition coefficient (Wildman–Crippen LogP) is -0.456. The molecule has 0 aliphatic carbocycles. The van der Waals surface area contributed by atoms with Gasteiger partial charge >= 0.3 is 0 Å². The van der Waals surface area contributed by atoms with Crippen LogP contribution in [-0.4, -0.2) is 29.9 Å². The zero-order chi connectivity index (χ0) is 16.1. The number of hydrogen-bond acceptors (Lipinski definition) is 3. The molecule has 0 aromatic carbocycles. The van der Waals surface area contributed by atoms with E-state index in [-0.39, 0.29) is 24.9 Å². The Balaban J connectivity index is 0.000000382. The van der Waals surface area contributed by atoms with E-state index < -0.39 is 0 Å². The van der Waals surface area contributed by atoms with Crippen LogP contribution < -0.4 is 21.2 Å². The van der Waals surface area contributed by atoms with Gasteiger partial charge in [0.2, 0.25) is 11.8 Å². The second kappa shape index (κ2) is 11.1. The minimum atomic E-state index is -0.359. The smallest absolute Gasteiger partial charge is 0.240 e. The Morgan fingerprint density at radius 2 is 2.19 bits per heavy atom. The van der Waals surface area contributed by atoms with Gasteiger partial charge in [0.1, 0.15) is 6.54 Å². The summed E-state index contributed by atoms with van der Waals surface area (Å²) in [6, 6.07) is 3.78. The Hall–Kier alpha value is -2.81. The molecule has 21 heavy (non-hydrogen) atoms. The quantitative estimate of drug-likeness (QED) is 0.654. The van der Waals surface area contributed by atoms with Gasteiger partial charge in [0.25, 0.3) is 0 Å². The number of allylic oxidation sites excluding steroid dienone is 1. The molecule has 6 nitrogen and oxygen atoms in total. The molecule has 0 aliphatic heterocycles. The molecular weight excluding hydrogens is 268 g/mol. The van der Waals surface area contributed by atoms with Crippen molar-refractivity contribution in [3.05, 3.63) is 35.5 Å². The Kier molecular flexibility index (Phi) is 9.57. The lowest BCUT2D eigenvalue weighted by molar-refractivity contribution is -0.124. The molecule has 0 saturated carbocycles. The molecule has 0 atom stereocenters.